The van der Waals surface area contributed by atoms with Crippen LogP contribution in [0.5, 0.6) is 0 Å². The fraction of sp³-hybridized carbons (Fsp3) is 0.939. The van der Waals surface area contributed by atoms with E-state index < -0.39 is 42.7 Å². The van der Waals surface area contributed by atoms with Gasteiger partial charge in [0, 0.05) is 24.2 Å². The van der Waals surface area contributed by atoms with E-state index in [-0.39, 0.29) is 52.1 Å². The van der Waals surface area contributed by atoms with E-state index in [0.717, 1.165) is 0 Å². The van der Waals surface area contributed by atoms with Gasteiger partial charge in [0.1, 0.15) is 20.3 Å². The molecular weight excluding hydrogens is 561 g/mol. The highest BCUT2D eigenvalue weighted by Gasteiger charge is 2.61. The summed E-state index contributed by atoms with van der Waals surface area (Å²) in [5, 5.41) is 11.7. The van der Waals surface area contributed by atoms with Crippen LogP contribution in [0, 0.1) is 35.1 Å². The van der Waals surface area contributed by atoms with Crippen LogP contribution >= 0.6 is 0 Å². The maximum Gasteiger partial charge on any atom is 0.192 e. The lowest BCUT2D eigenvalue weighted by molar-refractivity contribution is -0.387. The third-order valence-corrected chi connectivity index (χ3v) is 20.4. The first-order valence-electron chi connectivity index (χ1n) is 16.1. The van der Waals surface area contributed by atoms with Gasteiger partial charge in [-0.15, -0.1) is 5.54 Å². The van der Waals surface area contributed by atoms with Crippen LogP contribution < -0.4 is 0 Å². The summed E-state index contributed by atoms with van der Waals surface area (Å²) in [7, 11) is -5.90. The zero-order chi connectivity index (χ0) is 32.1. The summed E-state index contributed by atoms with van der Waals surface area (Å²) < 4.78 is 28.6. The van der Waals surface area contributed by atoms with E-state index in [0.29, 0.717) is 6.42 Å². The standard InChI is InChI=1S/C33H66O5Si3/c1-22(2)28-23(3)27(37-40(15,16)31(6,7)8)21-33(35-28)25(5)29(38-41(17,18)32(9,10)11)24(4)30(36-33)26(34)19-20-39(12,13)14/h22-30,34H,21H2,1-18H3/t23-,24-,25-,26-,27+,28+,29+,30-,33-/m0/s1. The van der Waals surface area contributed by atoms with Gasteiger partial charge in [-0.05, 0) is 42.2 Å². The molecular formula is C33H66O5Si3. The van der Waals surface area contributed by atoms with Gasteiger partial charge in [0.15, 0.2) is 22.4 Å². The summed E-state index contributed by atoms with van der Waals surface area (Å²) in [5.74, 6) is 2.70. The first kappa shape index (κ1) is 37.2. The molecule has 240 valence electrons. The van der Waals surface area contributed by atoms with Crippen molar-refractivity contribution in [1.29, 1.82) is 0 Å². The number of ether oxygens (including phenoxy) is 2. The minimum absolute atomic E-state index is 0.00715. The number of hydrogen-bond donors (Lipinski definition) is 1. The quantitative estimate of drug-likeness (QED) is 0.237. The maximum atomic E-state index is 11.6. The van der Waals surface area contributed by atoms with Gasteiger partial charge in [-0.1, -0.05) is 102 Å². The molecule has 0 amide bonds. The summed E-state index contributed by atoms with van der Waals surface area (Å²) in [5.41, 5.74) is 3.39. The molecule has 2 heterocycles. The smallest absolute Gasteiger partial charge is 0.192 e. The van der Waals surface area contributed by atoms with Crippen molar-refractivity contribution in [2.24, 2.45) is 23.7 Å². The van der Waals surface area contributed by atoms with E-state index in [1.807, 2.05) is 0 Å². The largest absolute Gasteiger partial charge is 0.413 e. The third-order valence-electron chi connectivity index (χ3n) is 10.5. The van der Waals surface area contributed by atoms with Crippen LogP contribution in [0.2, 0.25) is 55.9 Å². The van der Waals surface area contributed by atoms with E-state index in [9.17, 15) is 5.11 Å². The number of rotatable bonds is 6. The number of aliphatic hydroxyl groups is 1. The molecule has 2 aliphatic heterocycles. The summed E-state index contributed by atoms with van der Waals surface area (Å²) >= 11 is 0. The Morgan fingerprint density at radius 3 is 1.68 bits per heavy atom. The van der Waals surface area contributed by atoms with Crippen molar-refractivity contribution >= 4 is 24.7 Å². The molecule has 41 heavy (non-hydrogen) atoms. The molecule has 9 atom stereocenters. The van der Waals surface area contributed by atoms with Gasteiger partial charge in [-0.3, -0.25) is 0 Å². The Balaban J connectivity index is 2.68. The van der Waals surface area contributed by atoms with E-state index in [4.69, 9.17) is 18.3 Å². The molecule has 2 fully saturated rings. The number of aliphatic hydroxyl groups excluding tert-OH is 1. The third kappa shape index (κ3) is 8.39. The lowest BCUT2D eigenvalue weighted by atomic mass is 9.73. The van der Waals surface area contributed by atoms with E-state index in [1.54, 1.807) is 0 Å². The maximum absolute atomic E-state index is 11.6. The van der Waals surface area contributed by atoms with E-state index in [1.165, 1.54) is 0 Å². The Kier molecular flexibility index (Phi) is 11.3. The van der Waals surface area contributed by atoms with Gasteiger partial charge in [0.05, 0.1) is 18.3 Å². The zero-order valence-electron chi connectivity index (χ0n) is 30.0. The Hall–Kier alpha value is 0.0106. The molecule has 0 aromatic heterocycles. The lowest BCUT2D eigenvalue weighted by Gasteiger charge is -2.59. The second kappa shape index (κ2) is 12.4. The van der Waals surface area contributed by atoms with Crippen molar-refractivity contribution in [3.05, 3.63) is 0 Å². The van der Waals surface area contributed by atoms with Crippen LogP contribution in [-0.2, 0) is 18.3 Å². The van der Waals surface area contributed by atoms with Crippen molar-refractivity contribution in [1.82, 2.24) is 0 Å². The predicted molar refractivity (Wildman–Crippen MR) is 181 cm³/mol. The summed E-state index contributed by atoms with van der Waals surface area (Å²) in [4.78, 5) is 0. The Morgan fingerprint density at radius 1 is 0.780 bits per heavy atom. The van der Waals surface area contributed by atoms with Gasteiger partial charge < -0.3 is 23.4 Å². The van der Waals surface area contributed by atoms with Crippen LogP contribution in [0.25, 0.3) is 0 Å². The minimum atomic E-state index is -2.15. The molecule has 0 aromatic rings. The van der Waals surface area contributed by atoms with E-state index >= 15 is 0 Å². The average Bonchev–Trinajstić information content (AvgIpc) is 2.77. The second-order valence-electron chi connectivity index (χ2n) is 17.7. The Bertz CT molecular complexity index is 949. The second-order valence-corrected chi connectivity index (χ2v) is 31.9. The fourth-order valence-corrected chi connectivity index (χ4v) is 9.11. The van der Waals surface area contributed by atoms with Crippen LogP contribution in [0.3, 0.4) is 0 Å². The van der Waals surface area contributed by atoms with Gasteiger partial charge in [0.25, 0.3) is 0 Å². The molecule has 1 N–H and O–H groups in total. The molecule has 2 saturated heterocycles. The molecule has 8 heteroatoms. The molecule has 0 saturated carbocycles. The summed E-state index contributed by atoms with van der Waals surface area (Å²) in [6.45, 7) is 40.8. The molecule has 2 rings (SSSR count). The Labute approximate surface area is 257 Å². The fourth-order valence-electron chi connectivity index (χ4n) is 5.67. The molecule has 1 spiro atoms. The highest BCUT2D eigenvalue weighted by Crippen LogP contribution is 2.52. The van der Waals surface area contributed by atoms with Crippen molar-refractivity contribution in [3.8, 4) is 11.5 Å². The lowest BCUT2D eigenvalue weighted by Crippen LogP contribution is -2.68. The molecule has 0 radical (unpaired) electrons. The highest BCUT2D eigenvalue weighted by molar-refractivity contribution is 6.83. The van der Waals surface area contributed by atoms with Crippen LogP contribution in [0.1, 0.15) is 82.6 Å². The molecule has 0 aliphatic carbocycles. The average molecular weight is 627 g/mol. The first-order chi connectivity index (χ1) is 18.2. The van der Waals surface area contributed by atoms with Gasteiger partial charge in [-0.25, -0.2) is 0 Å². The van der Waals surface area contributed by atoms with Gasteiger partial charge in [-0.2, -0.15) is 0 Å². The van der Waals surface area contributed by atoms with Crippen LogP contribution in [-0.4, -0.2) is 66.1 Å². The first-order valence-corrected chi connectivity index (χ1v) is 25.4. The normalized spacial score (nSPS) is 34.9. The topological polar surface area (TPSA) is 57.2 Å². The molecule has 5 nitrogen and oxygen atoms in total. The Morgan fingerprint density at radius 2 is 1.24 bits per heavy atom. The van der Waals surface area contributed by atoms with Gasteiger partial charge >= 0.3 is 0 Å². The monoisotopic (exact) mass is 626 g/mol. The van der Waals surface area contributed by atoms with Crippen molar-refractivity contribution < 1.29 is 23.4 Å². The predicted octanol–water partition coefficient (Wildman–Crippen LogP) is 8.46. The van der Waals surface area contributed by atoms with Crippen LogP contribution in [0.4, 0.5) is 0 Å². The van der Waals surface area contributed by atoms with Crippen LogP contribution in [0.15, 0.2) is 0 Å². The van der Waals surface area contributed by atoms with E-state index in [2.05, 4.69) is 133 Å². The molecule has 2 aliphatic rings. The molecule has 0 aromatic carbocycles. The SMILES string of the molecule is CC(C)[C@H]1O[C@@]2(C[C@@H](O[Si](C)(C)C(C)(C)C)[C@@H]1C)O[C@H]([C@@H](O)C#C[Si](C)(C)C)[C@@H](C)[C@@H](O[Si](C)(C)C(C)(C)C)[C@@H]2C. The van der Waals surface area contributed by atoms with Crippen molar-refractivity contribution in [3.63, 3.8) is 0 Å². The summed E-state index contributed by atoms with van der Waals surface area (Å²) in [6, 6.07) is 0. The molecule has 0 bridgehead atoms. The van der Waals surface area contributed by atoms with Crippen molar-refractivity contribution in [2.45, 2.75) is 175 Å². The number of hydrogen-bond acceptors (Lipinski definition) is 5. The summed E-state index contributed by atoms with van der Waals surface area (Å²) in [6.07, 6.45) is -0.972. The van der Waals surface area contributed by atoms with Crippen molar-refractivity contribution in [2.75, 3.05) is 0 Å². The highest BCUT2D eigenvalue weighted by atomic mass is 28.4. The molecule has 0 unspecified atom stereocenters. The van der Waals surface area contributed by atoms with Gasteiger partial charge in [0.2, 0.25) is 0 Å². The zero-order valence-corrected chi connectivity index (χ0v) is 33.0. The minimum Gasteiger partial charge on any atom is -0.413 e.